The van der Waals surface area contributed by atoms with E-state index in [4.69, 9.17) is 11.6 Å². The summed E-state index contributed by atoms with van der Waals surface area (Å²) in [5.41, 5.74) is 1.36. The summed E-state index contributed by atoms with van der Waals surface area (Å²) in [7, 11) is 2.23. The van der Waals surface area contributed by atoms with Crippen LogP contribution in [0.2, 0.25) is 5.02 Å². The molecule has 0 aliphatic carbocycles. The summed E-state index contributed by atoms with van der Waals surface area (Å²) < 4.78 is 0. The third-order valence-electron chi connectivity index (χ3n) is 4.61. The van der Waals surface area contributed by atoms with Gasteiger partial charge in [0.2, 0.25) is 0 Å². The van der Waals surface area contributed by atoms with Gasteiger partial charge in [-0.1, -0.05) is 23.7 Å². The molecule has 3 nitrogen and oxygen atoms in total. The molecule has 0 bridgehead atoms. The van der Waals surface area contributed by atoms with Gasteiger partial charge in [-0.25, -0.2) is 0 Å². The largest absolute Gasteiger partial charge is 0.305 e. The number of hydrogen-bond donors (Lipinski definition) is 0. The predicted octanol–water partition coefficient (Wildman–Crippen LogP) is 2.16. The van der Waals surface area contributed by atoms with Crippen molar-refractivity contribution in [1.29, 1.82) is 0 Å². The minimum Gasteiger partial charge on any atom is -0.305 e. The summed E-state index contributed by atoms with van der Waals surface area (Å²) >= 11 is 5.93. The molecule has 1 atom stereocenters. The Morgan fingerprint density at radius 1 is 1.05 bits per heavy atom. The SMILES string of the molecule is CN1CCC(N2CCN(Cc3ccc(Cl)cc3)CC2)C1. The third-order valence-corrected chi connectivity index (χ3v) is 4.86. The van der Waals surface area contributed by atoms with Gasteiger partial charge in [-0.15, -0.1) is 0 Å². The van der Waals surface area contributed by atoms with Gasteiger partial charge in [0.25, 0.3) is 0 Å². The van der Waals surface area contributed by atoms with Crippen molar-refractivity contribution in [2.75, 3.05) is 46.3 Å². The van der Waals surface area contributed by atoms with Crippen molar-refractivity contribution < 1.29 is 0 Å². The first-order valence-electron chi connectivity index (χ1n) is 7.60. The molecule has 2 saturated heterocycles. The molecule has 1 aromatic rings. The second kappa shape index (κ2) is 6.44. The first kappa shape index (κ1) is 14.3. The molecule has 0 spiro atoms. The lowest BCUT2D eigenvalue weighted by atomic mass is 10.1. The van der Waals surface area contributed by atoms with Crippen molar-refractivity contribution in [1.82, 2.24) is 14.7 Å². The van der Waals surface area contributed by atoms with Crippen LogP contribution in [0.4, 0.5) is 0 Å². The van der Waals surface area contributed by atoms with Crippen LogP contribution in [-0.4, -0.2) is 67.1 Å². The number of likely N-dealkylation sites (N-methyl/N-ethyl adjacent to an activating group) is 1. The Labute approximate surface area is 127 Å². The maximum absolute atomic E-state index is 5.93. The third kappa shape index (κ3) is 3.53. The molecule has 0 N–H and O–H groups in total. The number of piperazine rings is 1. The molecule has 2 aliphatic heterocycles. The first-order chi connectivity index (χ1) is 9.70. The molecule has 0 aromatic heterocycles. The van der Waals surface area contributed by atoms with E-state index in [1.165, 1.54) is 51.3 Å². The van der Waals surface area contributed by atoms with E-state index in [-0.39, 0.29) is 0 Å². The maximum atomic E-state index is 5.93. The molecule has 0 radical (unpaired) electrons. The van der Waals surface area contributed by atoms with Crippen LogP contribution in [0.25, 0.3) is 0 Å². The maximum Gasteiger partial charge on any atom is 0.0406 e. The highest BCUT2D eigenvalue weighted by atomic mass is 35.5. The molecule has 0 amide bonds. The van der Waals surface area contributed by atoms with Crippen molar-refractivity contribution in [2.45, 2.75) is 19.0 Å². The first-order valence-corrected chi connectivity index (χ1v) is 7.98. The Morgan fingerprint density at radius 3 is 2.35 bits per heavy atom. The van der Waals surface area contributed by atoms with Crippen LogP contribution in [0.3, 0.4) is 0 Å². The smallest absolute Gasteiger partial charge is 0.0406 e. The zero-order valence-corrected chi connectivity index (χ0v) is 13.0. The molecular weight excluding hydrogens is 270 g/mol. The van der Waals surface area contributed by atoms with Crippen LogP contribution in [0.5, 0.6) is 0 Å². The van der Waals surface area contributed by atoms with Crippen LogP contribution in [-0.2, 0) is 6.54 Å². The Hall–Kier alpha value is -0.610. The number of nitrogens with zero attached hydrogens (tertiary/aromatic N) is 3. The number of halogens is 1. The van der Waals surface area contributed by atoms with E-state index < -0.39 is 0 Å². The molecule has 110 valence electrons. The fourth-order valence-electron chi connectivity index (χ4n) is 3.34. The van der Waals surface area contributed by atoms with E-state index in [0.717, 1.165) is 17.6 Å². The summed E-state index contributed by atoms with van der Waals surface area (Å²) in [5.74, 6) is 0. The Bertz CT molecular complexity index is 426. The second-order valence-electron chi connectivity index (χ2n) is 6.14. The van der Waals surface area contributed by atoms with Gasteiger partial charge in [-0.3, -0.25) is 9.80 Å². The zero-order valence-electron chi connectivity index (χ0n) is 12.3. The highest BCUT2D eigenvalue weighted by Gasteiger charge is 2.28. The van der Waals surface area contributed by atoms with Gasteiger partial charge in [-0.05, 0) is 37.7 Å². The summed E-state index contributed by atoms with van der Waals surface area (Å²) in [6.07, 6.45) is 1.34. The van der Waals surface area contributed by atoms with Gasteiger partial charge >= 0.3 is 0 Å². The van der Waals surface area contributed by atoms with E-state index >= 15 is 0 Å². The van der Waals surface area contributed by atoms with Gasteiger partial charge in [0.1, 0.15) is 0 Å². The minimum absolute atomic E-state index is 0.790. The molecule has 2 fully saturated rings. The van der Waals surface area contributed by atoms with E-state index in [9.17, 15) is 0 Å². The lowest BCUT2D eigenvalue weighted by Crippen LogP contribution is -2.50. The van der Waals surface area contributed by atoms with E-state index in [0.29, 0.717) is 0 Å². The normalized spacial score (nSPS) is 26.2. The van der Waals surface area contributed by atoms with E-state index in [1.807, 2.05) is 12.1 Å². The molecule has 1 unspecified atom stereocenters. The van der Waals surface area contributed by atoms with E-state index in [2.05, 4.69) is 33.9 Å². The monoisotopic (exact) mass is 293 g/mol. The fourth-order valence-corrected chi connectivity index (χ4v) is 3.47. The molecule has 20 heavy (non-hydrogen) atoms. The molecule has 3 rings (SSSR count). The second-order valence-corrected chi connectivity index (χ2v) is 6.58. The van der Waals surface area contributed by atoms with E-state index in [1.54, 1.807) is 0 Å². The van der Waals surface area contributed by atoms with Crippen LogP contribution in [0, 0.1) is 0 Å². The van der Waals surface area contributed by atoms with Crippen LogP contribution >= 0.6 is 11.6 Å². The fraction of sp³-hybridized carbons (Fsp3) is 0.625. The van der Waals surface area contributed by atoms with Crippen molar-refractivity contribution in [2.24, 2.45) is 0 Å². The Kier molecular flexibility index (Phi) is 4.61. The Morgan fingerprint density at radius 2 is 1.75 bits per heavy atom. The highest BCUT2D eigenvalue weighted by Crippen LogP contribution is 2.17. The minimum atomic E-state index is 0.790. The standard InChI is InChI=1S/C16H24ClN3/c1-18-7-6-16(13-18)20-10-8-19(9-11-20)12-14-2-4-15(17)5-3-14/h2-5,16H,6-13H2,1H3. The van der Waals surface area contributed by atoms with Crippen molar-refractivity contribution in [3.63, 3.8) is 0 Å². The summed E-state index contributed by atoms with van der Waals surface area (Å²) in [5, 5.41) is 0.823. The lowest BCUT2D eigenvalue weighted by Gasteiger charge is -2.38. The summed E-state index contributed by atoms with van der Waals surface area (Å²) in [6, 6.07) is 9.04. The predicted molar refractivity (Wildman–Crippen MR) is 84.2 cm³/mol. The van der Waals surface area contributed by atoms with Crippen LogP contribution in [0.15, 0.2) is 24.3 Å². The molecule has 1 aromatic carbocycles. The van der Waals surface area contributed by atoms with Gasteiger partial charge in [0.05, 0.1) is 0 Å². The van der Waals surface area contributed by atoms with Gasteiger partial charge in [0, 0.05) is 50.3 Å². The van der Waals surface area contributed by atoms with Crippen molar-refractivity contribution in [3.05, 3.63) is 34.9 Å². The average molecular weight is 294 g/mol. The highest BCUT2D eigenvalue weighted by molar-refractivity contribution is 6.30. The van der Waals surface area contributed by atoms with Gasteiger partial charge in [0.15, 0.2) is 0 Å². The molecular formula is C16H24ClN3. The van der Waals surface area contributed by atoms with Gasteiger partial charge in [-0.2, -0.15) is 0 Å². The Balaban J connectivity index is 1.47. The quantitative estimate of drug-likeness (QED) is 0.846. The summed E-state index contributed by atoms with van der Waals surface area (Å²) in [6.45, 7) is 8.35. The molecule has 4 heteroatoms. The molecule has 2 aliphatic rings. The topological polar surface area (TPSA) is 9.72 Å². The number of benzene rings is 1. The molecule has 2 heterocycles. The summed E-state index contributed by atoms with van der Waals surface area (Å²) in [4.78, 5) is 7.69. The van der Waals surface area contributed by atoms with Crippen LogP contribution in [0.1, 0.15) is 12.0 Å². The van der Waals surface area contributed by atoms with Gasteiger partial charge < -0.3 is 4.90 Å². The molecule has 0 saturated carbocycles. The van der Waals surface area contributed by atoms with Crippen molar-refractivity contribution >= 4 is 11.6 Å². The number of likely N-dealkylation sites (tertiary alicyclic amines) is 1. The zero-order chi connectivity index (χ0) is 13.9. The van der Waals surface area contributed by atoms with Crippen LogP contribution < -0.4 is 0 Å². The number of rotatable bonds is 3. The number of hydrogen-bond acceptors (Lipinski definition) is 3. The van der Waals surface area contributed by atoms with Crippen molar-refractivity contribution in [3.8, 4) is 0 Å². The lowest BCUT2D eigenvalue weighted by molar-refractivity contribution is 0.0947. The average Bonchev–Trinajstić information content (AvgIpc) is 2.89.